The molecule has 0 spiro atoms. The van der Waals surface area contributed by atoms with Crippen molar-refractivity contribution in [3.63, 3.8) is 0 Å². The van der Waals surface area contributed by atoms with Crippen LogP contribution >= 0.6 is 22.6 Å². The highest BCUT2D eigenvalue weighted by molar-refractivity contribution is 14.1. The summed E-state index contributed by atoms with van der Waals surface area (Å²) in [6.07, 6.45) is 4.53. The van der Waals surface area contributed by atoms with Crippen LogP contribution in [0.3, 0.4) is 0 Å². The predicted octanol–water partition coefficient (Wildman–Crippen LogP) is 8.68. The van der Waals surface area contributed by atoms with Crippen molar-refractivity contribution in [2.75, 3.05) is 0 Å². The third-order valence-corrected chi connectivity index (χ3v) is 6.35. The van der Waals surface area contributed by atoms with E-state index in [-0.39, 0.29) is 0 Å². The van der Waals surface area contributed by atoms with Crippen LogP contribution in [-0.4, -0.2) is 0 Å². The summed E-state index contributed by atoms with van der Waals surface area (Å²) in [6, 6.07) is 29.0. The first-order chi connectivity index (χ1) is 14.2. The normalized spacial score (nSPS) is 11.1. The Morgan fingerprint density at radius 3 is 1.48 bits per heavy atom. The molecule has 0 aliphatic rings. The van der Waals surface area contributed by atoms with Crippen molar-refractivity contribution < 1.29 is 0 Å². The van der Waals surface area contributed by atoms with Gasteiger partial charge in [0.05, 0.1) is 0 Å². The van der Waals surface area contributed by atoms with Crippen molar-refractivity contribution in [2.45, 2.75) is 39.5 Å². The Morgan fingerprint density at radius 1 is 0.552 bits per heavy atom. The molecule has 0 unspecified atom stereocenters. The number of hydrogen-bond donors (Lipinski definition) is 0. The summed E-state index contributed by atoms with van der Waals surface area (Å²) in [5, 5.41) is 2.74. The molecule has 0 aliphatic heterocycles. The van der Waals surface area contributed by atoms with E-state index in [1.54, 1.807) is 0 Å². The average molecular weight is 490 g/mol. The lowest BCUT2D eigenvalue weighted by Crippen LogP contribution is -2.03. The van der Waals surface area contributed by atoms with Crippen molar-refractivity contribution in [3.05, 3.63) is 93.6 Å². The van der Waals surface area contributed by atoms with Crippen molar-refractivity contribution >= 4 is 33.4 Å². The maximum atomic E-state index is 2.39. The summed E-state index contributed by atoms with van der Waals surface area (Å²) >= 11 is 2.39. The minimum atomic E-state index is 1.11. The van der Waals surface area contributed by atoms with Crippen LogP contribution in [0.25, 0.3) is 33.0 Å². The number of halogens is 1. The lowest BCUT2D eigenvalue weighted by Gasteiger charge is -2.23. The molecule has 0 N–H and O–H groups in total. The van der Waals surface area contributed by atoms with E-state index in [0.29, 0.717) is 0 Å². The molecule has 1 heteroatoms. The van der Waals surface area contributed by atoms with Crippen LogP contribution in [0.2, 0.25) is 0 Å². The van der Waals surface area contributed by atoms with Crippen LogP contribution in [0.5, 0.6) is 0 Å². The molecule has 0 aliphatic carbocycles. The first-order valence-electron chi connectivity index (χ1n) is 10.6. The first-order valence-corrected chi connectivity index (χ1v) is 11.7. The Bertz CT molecular complexity index is 1110. The van der Waals surface area contributed by atoms with Gasteiger partial charge in [-0.15, -0.1) is 0 Å². The van der Waals surface area contributed by atoms with Gasteiger partial charge in [-0.1, -0.05) is 93.4 Å². The Hall–Kier alpha value is -2.13. The first kappa shape index (κ1) is 20.2. The molecule has 4 rings (SSSR count). The SMILES string of the molecule is CCCc1c(CCC)c(-c2ccc(I)cc2)c2ccccc2c1-c1ccccc1. The molecule has 0 aromatic heterocycles. The third-order valence-electron chi connectivity index (χ3n) is 5.63. The lowest BCUT2D eigenvalue weighted by molar-refractivity contribution is 0.866. The predicted molar refractivity (Wildman–Crippen MR) is 136 cm³/mol. The standard InChI is InChI=1S/C28H27I/c1-3-10-23-24(11-4-2)28(21-16-18-22(29)19-17-21)26-15-9-8-14-25(26)27(23)20-12-6-5-7-13-20/h5-9,12-19H,3-4,10-11H2,1-2H3. The fourth-order valence-corrected chi connectivity index (χ4v) is 4.84. The molecule has 146 valence electrons. The minimum Gasteiger partial charge on any atom is -0.0651 e. The molecule has 4 aromatic carbocycles. The van der Waals surface area contributed by atoms with Crippen LogP contribution in [0.4, 0.5) is 0 Å². The van der Waals surface area contributed by atoms with Crippen molar-refractivity contribution in [2.24, 2.45) is 0 Å². The zero-order valence-corrected chi connectivity index (χ0v) is 19.4. The third kappa shape index (κ3) is 3.98. The number of hydrogen-bond acceptors (Lipinski definition) is 0. The topological polar surface area (TPSA) is 0 Å². The smallest absolute Gasteiger partial charge is 0.0130 e. The van der Waals surface area contributed by atoms with Gasteiger partial charge in [0.1, 0.15) is 0 Å². The second-order valence-electron chi connectivity index (χ2n) is 7.63. The zero-order valence-electron chi connectivity index (χ0n) is 17.2. The van der Waals surface area contributed by atoms with Crippen molar-refractivity contribution in [1.82, 2.24) is 0 Å². The highest BCUT2D eigenvalue weighted by Gasteiger charge is 2.20. The van der Waals surface area contributed by atoms with E-state index in [9.17, 15) is 0 Å². The number of fused-ring (bicyclic) bond motifs is 1. The maximum Gasteiger partial charge on any atom is 0.0130 e. The average Bonchev–Trinajstić information content (AvgIpc) is 2.76. The largest absolute Gasteiger partial charge is 0.0651 e. The molecule has 0 heterocycles. The van der Waals surface area contributed by atoms with E-state index in [0.717, 1.165) is 25.7 Å². The van der Waals surface area contributed by atoms with Crippen molar-refractivity contribution in [1.29, 1.82) is 0 Å². The molecular formula is C28H27I. The molecule has 0 amide bonds. The van der Waals surface area contributed by atoms with Gasteiger partial charge < -0.3 is 0 Å². The summed E-state index contributed by atoms with van der Waals surface area (Å²) in [7, 11) is 0. The summed E-state index contributed by atoms with van der Waals surface area (Å²) in [5.41, 5.74) is 8.60. The van der Waals surface area contributed by atoms with Gasteiger partial charge >= 0.3 is 0 Å². The molecule has 4 aromatic rings. The summed E-state index contributed by atoms with van der Waals surface area (Å²) in [5.74, 6) is 0. The highest BCUT2D eigenvalue weighted by atomic mass is 127. The van der Waals surface area contributed by atoms with E-state index in [2.05, 4.69) is 115 Å². The van der Waals surface area contributed by atoms with Gasteiger partial charge in [0.2, 0.25) is 0 Å². The fourth-order valence-electron chi connectivity index (χ4n) is 4.48. The molecule has 0 saturated carbocycles. The Morgan fingerprint density at radius 2 is 1.00 bits per heavy atom. The van der Waals surface area contributed by atoms with E-state index >= 15 is 0 Å². The second kappa shape index (κ2) is 9.13. The second-order valence-corrected chi connectivity index (χ2v) is 8.87. The molecule has 0 nitrogen and oxygen atoms in total. The van der Waals surface area contributed by atoms with Gasteiger partial charge in [-0.3, -0.25) is 0 Å². The van der Waals surface area contributed by atoms with Crippen LogP contribution < -0.4 is 0 Å². The quantitative estimate of drug-likeness (QED) is 0.237. The lowest BCUT2D eigenvalue weighted by atomic mass is 9.81. The molecule has 0 fully saturated rings. The summed E-state index contributed by atoms with van der Waals surface area (Å²) in [6.45, 7) is 4.59. The highest BCUT2D eigenvalue weighted by Crippen LogP contribution is 2.43. The molecule has 0 atom stereocenters. The van der Waals surface area contributed by atoms with Gasteiger partial charge in [-0.2, -0.15) is 0 Å². The van der Waals surface area contributed by atoms with E-state index in [4.69, 9.17) is 0 Å². The summed E-state index contributed by atoms with van der Waals surface area (Å²) < 4.78 is 1.28. The van der Waals surface area contributed by atoms with Gasteiger partial charge in [-0.05, 0) is 91.7 Å². The van der Waals surface area contributed by atoms with Crippen molar-refractivity contribution in [3.8, 4) is 22.3 Å². The number of rotatable bonds is 6. The van der Waals surface area contributed by atoms with E-state index < -0.39 is 0 Å². The maximum absolute atomic E-state index is 2.39. The van der Waals surface area contributed by atoms with Gasteiger partial charge in [0.15, 0.2) is 0 Å². The van der Waals surface area contributed by atoms with Crippen LogP contribution in [-0.2, 0) is 12.8 Å². The Kier molecular flexibility index (Phi) is 6.34. The van der Waals surface area contributed by atoms with E-state index in [1.807, 2.05) is 0 Å². The molecule has 0 bridgehead atoms. The zero-order chi connectivity index (χ0) is 20.2. The van der Waals surface area contributed by atoms with Gasteiger partial charge in [0.25, 0.3) is 0 Å². The monoisotopic (exact) mass is 490 g/mol. The van der Waals surface area contributed by atoms with Crippen LogP contribution in [0, 0.1) is 3.57 Å². The van der Waals surface area contributed by atoms with Gasteiger partial charge in [-0.25, -0.2) is 0 Å². The Labute approximate surface area is 188 Å². The fraction of sp³-hybridized carbons (Fsp3) is 0.214. The molecular weight excluding hydrogens is 463 g/mol. The van der Waals surface area contributed by atoms with Crippen LogP contribution in [0.15, 0.2) is 78.9 Å². The number of benzene rings is 4. The Balaban J connectivity index is 2.15. The molecule has 0 radical (unpaired) electrons. The summed E-state index contributed by atoms with van der Waals surface area (Å²) in [4.78, 5) is 0. The minimum absolute atomic E-state index is 1.11. The van der Waals surface area contributed by atoms with Crippen LogP contribution in [0.1, 0.15) is 37.8 Å². The van der Waals surface area contributed by atoms with E-state index in [1.165, 1.54) is 47.7 Å². The van der Waals surface area contributed by atoms with Gasteiger partial charge in [0, 0.05) is 3.57 Å². The molecule has 29 heavy (non-hydrogen) atoms. The molecule has 0 saturated heterocycles.